The van der Waals surface area contributed by atoms with Gasteiger partial charge < -0.3 is 4.74 Å². The molecule has 0 aromatic heterocycles. The van der Waals surface area contributed by atoms with Crippen molar-refractivity contribution in [1.82, 2.24) is 4.31 Å². The predicted octanol–water partition coefficient (Wildman–Crippen LogP) is 1.74. The molecule has 0 fully saturated rings. The van der Waals surface area contributed by atoms with E-state index in [1.807, 2.05) is 6.08 Å². The third-order valence-electron chi connectivity index (χ3n) is 0.940. The van der Waals surface area contributed by atoms with E-state index in [1.165, 1.54) is 23.4 Å². The quantitative estimate of drug-likeness (QED) is 0.502. The van der Waals surface area contributed by atoms with E-state index in [0.29, 0.717) is 0 Å². The fraction of sp³-hybridized carbons (Fsp3) is 0.167. The number of hydrogen-bond acceptors (Lipinski definition) is 3. The standard InChI is InChI=1S/C6H7NO2S/c1-9-6(8)7-4-2-3-5-10-7/h2-5H,1H3. The lowest BCUT2D eigenvalue weighted by molar-refractivity contribution is 0.160. The van der Waals surface area contributed by atoms with Crippen LogP contribution in [0, 0.1) is 0 Å². The van der Waals surface area contributed by atoms with Crippen LogP contribution in [0.3, 0.4) is 0 Å². The molecule has 1 rings (SSSR count). The molecular formula is C6H7NO2S. The van der Waals surface area contributed by atoms with Gasteiger partial charge in [0, 0.05) is 6.20 Å². The zero-order valence-electron chi connectivity index (χ0n) is 5.48. The Morgan fingerprint density at radius 3 is 2.90 bits per heavy atom. The summed E-state index contributed by atoms with van der Waals surface area (Å²) in [6.45, 7) is 0. The van der Waals surface area contributed by atoms with Crippen molar-refractivity contribution < 1.29 is 9.53 Å². The molecule has 0 N–H and O–H groups in total. The summed E-state index contributed by atoms with van der Waals surface area (Å²) in [4.78, 5) is 10.8. The second kappa shape index (κ2) is 3.31. The van der Waals surface area contributed by atoms with Crippen molar-refractivity contribution in [2.75, 3.05) is 7.11 Å². The highest BCUT2D eigenvalue weighted by Gasteiger charge is 2.10. The second-order valence-electron chi connectivity index (χ2n) is 1.57. The van der Waals surface area contributed by atoms with Gasteiger partial charge in [-0.05, 0) is 23.4 Å². The Bertz CT molecular complexity index is 188. The number of ether oxygens (including phenoxy) is 1. The third-order valence-corrected chi connectivity index (χ3v) is 1.72. The Hall–Kier alpha value is -0.900. The molecule has 1 heterocycles. The van der Waals surface area contributed by atoms with Crippen LogP contribution in [0.25, 0.3) is 0 Å². The molecule has 0 aromatic carbocycles. The molecule has 0 saturated carbocycles. The van der Waals surface area contributed by atoms with E-state index >= 15 is 0 Å². The van der Waals surface area contributed by atoms with Crippen LogP contribution in [0.5, 0.6) is 0 Å². The molecule has 0 saturated heterocycles. The van der Waals surface area contributed by atoms with Crippen molar-refractivity contribution in [2.45, 2.75) is 0 Å². The molecular weight excluding hydrogens is 150 g/mol. The Kier molecular flexibility index (Phi) is 2.39. The minimum Gasteiger partial charge on any atom is -0.452 e. The van der Waals surface area contributed by atoms with Crippen molar-refractivity contribution in [3.05, 3.63) is 23.8 Å². The third kappa shape index (κ3) is 1.54. The van der Waals surface area contributed by atoms with Crippen LogP contribution in [0.15, 0.2) is 23.8 Å². The molecule has 0 spiro atoms. The van der Waals surface area contributed by atoms with Crippen LogP contribution >= 0.6 is 11.9 Å². The SMILES string of the molecule is COC(=O)N1C=CC=CS1. The van der Waals surface area contributed by atoms with Crippen molar-refractivity contribution in [1.29, 1.82) is 0 Å². The lowest BCUT2D eigenvalue weighted by atomic mass is 10.6. The molecule has 10 heavy (non-hydrogen) atoms. The number of carbonyl (C=O) groups excluding carboxylic acids is 1. The maximum absolute atomic E-state index is 10.8. The van der Waals surface area contributed by atoms with Crippen LogP contribution in [-0.4, -0.2) is 17.5 Å². The molecule has 0 bridgehead atoms. The number of allylic oxidation sites excluding steroid dienone is 2. The summed E-state index contributed by atoms with van der Waals surface area (Å²) < 4.78 is 5.87. The number of carbonyl (C=O) groups is 1. The summed E-state index contributed by atoms with van der Waals surface area (Å²) in [5.41, 5.74) is 0. The number of nitrogens with zero attached hydrogens (tertiary/aromatic N) is 1. The minimum absolute atomic E-state index is 0.356. The van der Waals surface area contributed by atoms with Crippen LogP contribution in [-0.2, 0) is 4.74 Å². The molecule has 0 aromatic rings. The molecule has 54 valence electrons. The Balaban J connectivity index is 2.51. The highest BCUT2D eigenvalue weighted by Crippen LogP contribution is 2.16. The monoisotopic (exact) mass is 157 g/mol. The van der Waals surface area contributed by atoms with Crippen molar-refractivity contribution >= 4 is 18.0 Å². The largest absolute Gasteiger partial charge is 0.452 e. The van der Waals surface area contributed by atoms with E-state index in [4.69, 9.17) is 0 Å². The molecule has 0 unspecified atom stereocenters. The number of amides is 1. The van der Waals surface area contributed by atoms with Crippen LogP contribution in [0.4, 0.5) is 4.79 Å². The highest BCUT2D eigenvalue weighted by molar-refractivity contribution is 8.00. The first-order chi connectivity index (χ1) is 4.84. The topological polar surface area (TPSA) is 29.5 Å². The van der Waals surface area contributed by atoms with Crippen LogP contribution in [0.1, 0.15) is 0 Å². The van der Waals surface area contributed by atoms with Gasteiger partial charge in [-0.15, -0.1) is 0 Å². The van der Waals surface area contributed by atoms with Crippen molar-refractivity contribution in [3.63, 3.8) is 0 Å². The number of rotatable bonds is 0. The van der Waals surface area contributed by atoms with Gasteiger partial charge in [0.25, 0.3) is 0 Å². The first-order valence-electron chi connectivity index (χ1n) is 2.72. The van der Waals surface area contributed by atoms with Crippen LogP contribution < -0.4 is 0 Å². The van der Waals surface area contributed by atoms with Gasteiger partial charge in [-0.2, -0.15) is 0 Å². The zero-order valence-corrected chi connectivity index (χ0v) is 6.30. The van der Waals surface area contributed by atoms with Gasteiger partial charge in [0.1, 0.15) is 0 Å². The summed E-state index contributed by atoms with van der Waals surface area (Å²) in [6, 6.07) is 0. The second-order valence-corrected chi connectivity index (χ2v) is 2.45. The van der Waals surface area contributed by atoms with Gasteiger partial charge in [-0.3, -0.25) is 0 Å². The minimum atomic E-state index is -0.356. The lowest BCUT2D eigenvalue weighted by Crippen LogP contribution is -2.17. The van der Waals surface area contributed by atoms with Crippen LogP contribution in [0.2, 0.25) is 0 Å². The first-order valence-corrected chi connectivity index (χ1v) is 3.55. The van der Waals surface area contributed by atoms with Gasteiger partial charge in [-0.1, -0.05) is 6.08 Å². The van der Waals surface area contributed by atoms with Gasteiger partial charge in [0.05, 0.1) is 7.11 Å². The van der Waals surface area contributed by atoms with E-state index in [1.54, 1.807) is 17.7 Å². The van der Waals surface area contributed by atoms with E-state index in [-0.39, 0.29) is 6.09 Å². The van der Waals surface area contributed by atoms with Crippen molar-refractivity contribution in [3.8, 4) is 0 Å². The first kappa shape index (κ1) is 7.21. The molecule has 0 radical (unpaired) electrons. The fourth-order valence-electron chi connectivity index (χ4n) is 0.503. The summed E-state index contributed by atoms with van der Waals surface area (Å²) in [5.74, 6) is 0. The highest BCUT2D eigenvalue weighted by atomic mass is 32.2. The smallest absolute Gasteiger partial charge is 0.424 e. The summed E-state index contributed by atoms with van der Waals surface area (Å²) >= 11 is 1.29. The molecule has 0 atom stereocenters. The summed E-state index contributed by atoms with van der Waals surface area (Å²) in [5, 5.41) is 1.80. The molecule has 3 nitrogen and oxygen atoms in total. The Morgan fingerprint density at radius 1 is 1.60 bits per heavy atom. The van der Waals surface area contributed by atoms with Gasteiger partial charge in [0.15, 0.2) is 0 Å². The van der Waals surface area contributed by atoms with E-state index < -0.39 is 0 Å². The van der Waals surface area contributed by atoms with E-state index in [0.717, 1.165) is 0 Å². The number of hydrogen-bond donors (Lipinski definition) is 0. The average Bonchev–Trinajstić information content (AvgIpc) is 2.05. The van der Waals surface area contributed by atoms with E-state index in [9.17, 15) is 4.79 Å². The normalized spacial score (nSPS) is 15.5. The lowest BCUT2D eigenvalue weighted by Gasteiger charge is -2.13. The fourth-order valence-corrected chi connectivity index (χ4v) is 1.10. The summed E-state index contributed by atoms with van der Waals surface area (Å²) in [7, 11) is 1.36. The van der Waals surface area contributed by atoms with Crippen molar-refractivity contribution in [2.24, 2.45) is 0 Å². The molecule has 0 aliphatic carbocycles. The molecule has 1 amide bonds. The van der Waals surface area contributed by atoms with Gasteiger partial charge in [0.2, 0.25) is 0 Å². The molecule has 1 aliphatic rings. The maximum atomic E-state index is 10.8. The van der Waals surface area contributed by atoms with Gasteiger partial charge >= 0.3 is 6.09 Å². The predicted molar refractivity (Wildman–Crippen MR) is 40.1 cm³/mol. The Morgan fingerprint density at radius 2 is 2.40 bits per heavy atom. The maximum Gasteiger partial charge on any atom is 0.424 e. The molecule has 1 aliphatic heterocycles. The summed E-state index contributed by atoms with van der Waals surface area (Å²) in [6.07, 6.45) is 4.92. The zero-order chi connectivity index (χ0) is 7.40. The molecule has 4 heteroatoms. The number of methoxy groups -OCH3 is 1. The average molecular weight is 157 g/mol. The van der Waals surface area contributed by atoms with E-state index in [2.05, 4.69) is 4.74 Å². The van der Waals surface area contributed by atoms with Gasteiger partial charge in [-0.25, -0.2) is 9.10 Å². The Labute approximate surface area is 63.5 Å².